The van der Waals surface area contributed by atoms with Crippen LogP contribution in [0.2, 0.25) is 0 Å². The topological polar surface area (TPSA) is 81.1 Å². The molecule has 0 saturated carbocycles. The molecule has 140 valence electrons. The lowest BCUT2D eigenvalue weighted by molar-refractivity contribution is 0.0946. The van der Waals surface area contributed by atoms with Gasteiger partial charge in [-0.15, -0.1) is 5.10 Å². The molecule has 0 atom stereocenters. The van der Waals surface area contributed by atoms with Crippen LogP contribution >= 0.6 is 0 Å². The average Bonchev–Trinajstić information content (AvgIpc) is 3.05. The maximum atomic E-state index is 12.4. The summed E-state index contributed by atoms with van der Waals surface area (Å²) in [6, 6.07) is 8.28. The fourth-order valence-corrected chi connectivity index (χ4v) is 3.13. The molecule has 1 fully saturated rings. The van der Waals surface area contributed by atoms with Crippen molar-refractivity contribution in [2.45, 2.75) is 39.2 Å². The summed E-state index contributed by atoms with van der Waals surface area (Å²) in [5.74, 6) is 0.681. The van der Waals surface area contributed by atoms with Gasteiger partial charge < -0.3 is 15.4 Å². The Hall–Kier alpha value is -2.41. The number of aromatic nitrogens is 3. The zero-order chi connectivity index (χ0) is 18.4. The molecule has 1 aromatic heterocycles. The zero-order valence-corrected chi connectivity index (χ0v) is 15.5. The van der Waals surface area contributed by atoms with Gasteiger partial charge in [-0.05, 0) is 58.3 Å². The summed E-state index contributed by atoms with van der Waals surface area (Å²) in [6.45, 7) is 7.02. The lowest BCUT2D eigenvalue weighted by atomic mass is 10.1. The molecule has 26 heavy (non-hydrogen) atoms. The molecule has 1 saturated heterocycles. The summed E-state index contributed by atoms with van der Waals surface area (Å²) >= 11 is 0. The highest BCUT2D eigenvalue weighted by Crippen LogP contribution is 2.20. The Bertz CT molecular complexity index is 720. The predicted octanol–water partition coefficient (Wildman–Crippen LogP) is 2.02. The maximum absolute atomic E-state index is 12.4. The van der Waals surface area contributed by atoms with Gasteiger partial charge in [0.05, 0.1) is 18.3 Å². The van der Waals surface area contributed by atoms with Gasteiger partial charge in [0.25, 0.3) is 5.91 Å². The first kappa shape index (κ1) is 18.4. The highest BCUT2D eigenvalue weighted by Gasteiger charge is 2.22. The Balaban J connectivity index is 1.43. The van der Waals surface area contributed by atoms with Gasteiger partial charge in [0.2, 0.25) is 0 Å². The van der Waals surface area contributed by atoms with Crippen LogP contribution in [0.15, 0.2) is 24.3 Å². The van der Waals surface area contributed by atoms with Crippen molar-refractivity contribution in [3.8, 4) is 5.75 Å². The van der Waals surface area contributed by atoms with E-state index in [9.17, 15) is 4.79 Å². The minimum Gasteiger partial charge on any atom is -0.494 e. The number of carbonyl (C=O) groups is 1. The molecule has 0 unspecified atom stereocenters. The zero-order valence-electron chi connectivity index (χ0n) is 15.5. The van der Waals surface area contributed by atoms with Crippen LogP contribution in [0, 0.1) is 13.8 Å². The van der Waals surface area contributed by atoms with Crippen LogP contribution in [0.4, 0.5) is 0 Å². The molecule has 1 aliphatic heterocycles. The van der Waals surface area contributed by atoms with E-state index >= 15 is 0 Å². The largest absolute Gasteiger partial charge is 0.494 e. The first-order chi connectivity index (χ1) is 12.6. The van der Waals surface area contributed by atoms with Crippen molar-refractivity contribution in [1.82, 2.24) is 25.6 Å². The molecule has 2 N–H and O–H groups in total. The first-order valence-electron chi connectivity index (χ1n) is 9.25. The van der Waals surface area contributed by atoms with Crippen molar-refractivity contribution in [2.24, 2.45) is 0 Å². The molecule has 1 aromatic carbocycles. The summed E-state index contributed by atoms with van der Waals surface area (Å²) in [5, 5.41) is 14.5. The Morgan fingerprint density at radius 1 is 1.27 bits per heavy atom. The van der Waals surface area contributed by atoms with E-state index in [2.05, 4.69) is 20.9 Å². The fraction of sp³-hybridized carbons (Fsp3) is 0.526. The number of hydrogen-bond donors (Lipinski definition) is 2. The number of piperidine rings is 1. The van der Waals surface area contributed by atoms with Gasteiger partial charge in [-0.3, -0.25) is 4.79 Å². The number of aryl methyl sites for hydroxylation is 1. The summed E-state index contributed by atoms with van der Waals surface area (Å²) in [7, 11) is 0. The molecule has 2 heterocycles. The van der Waals surface area contributed by atoms with E-state index in [4.69, 9.17) is 4.74 Å². The monoisotopic (exact) mass is 357 g/mol. The van der Waals surface area contributed by atoms with E-state index in [0.717, 1.165) is 43.8 Å². The molecule has 0 aliphatic carbocycles. The average molecular weight is 357 g/mol. The minimum absolute atomic E-state index is 0.168. The number of amides is 1. The summed E-state index contributed by atoms with van der Waals surface area (Å²) in [4.78, 5) is 12.4. The van der Waals surface area contributed by atoms with Gasteiger partial charge >= 0.3 is 0 Å². The summed E-state index contributed by atoms with van der Waals surface area (Å²) in [5.41, 5.74) is 2.46. The molecule has 7 heteroatoms. The number of ether oxygens (including phenoxy) is 1. The molecule has 7 nitrogen and oxygen atoms in total. The van der Waals surface area contributed by atoms with E-state index in [0.29, 0.717) is 24.9 Å². The molecule has 1 amide bonds. The quantitative estimate of drug-likeness (QED) is 0.741. The van der Waals surface area contributed by atoms with Crippen molar-refractivity contribution >= 4 is 5.91 Å². The van der Waals surface area contributed by atoms with Crippen LogP contribution in [0.1, 0.15) is 47.1 Å². The highest BCUT2D eigenvalue weighted by atomic mass is 16.5. The highest BCUT2D eigenvalue weighted by molar-refractivity contribution is 5.93. The predicted molar refractivity (Wildman–Crippen MR) is 99.5 cm³/mol. The summed E-state index contributed by atoms with van der Waals surface area (Å²) < 4.78 is 7.57. The Labute approximate surface area is 154 Å². The fourth-order valence-electron chi connectivity index (χ4n) is 3.13. The second-order valence-electron chi connectivity index (χ2n) is 6.72. The van der Waals surface area contributed by atoms with E-state index in [1.807, 2.05) is 42.8 Å². The van der Waals surface area contributed by atoms with Crippen LogP contribution in [-0.2, 0) is 0 Å². The molecule has 3 rings (SSSR count). The van der Waals surface area contributed by atoms with Gasteiger partial charge in [0.15, 0.2) is 5.69 Å². The van der Waals surface area contributed by atoms with Gasteiger partial charge in [0, 0.05) is 6.54 Å². The molecule has 2 aromatic rings. The van der Waals surface area contributed by atoms with E-state index in [1.54, 1.807) is 0 Å². The number of benzene rings is 1. The SMILES string of the molecule is Cc1ccc(OCCCNC(=O)c2nnn(C3CCNCC3)c2C)cc1. The van der Waals surface area contributed by atoms with Crippen molar-refractivity contribution in [3.63, 3.8) is 0 Å². The van der Waals surface area contributed by atoms with Crippen LogP contribution in [-0.4, -0.2) is 47.1 Å². The second kappa shape index (κ2) is 8.80. The van der Waals surface area contributed by atoms with E-state index in [1.165, 1.54) is 5.56 Å². The van der Waals surface area contributed by atoms with Gasteiger partial charge in [-0.2, -0.15) is 0 Å². The number of nitrogens with one attached hydrogen (secondary N) is 2. The number of nitrogens with zero attached hydrogens (tertiary/aromatic N) is 3. The third-order valence-electron chi connectivity index (χ3n) is 4.69. The molecular formula is C19H27N5O2. The third-order valence-corrected chi connectivity index (χ3v) is 4.69. The minimum atomic E-state index is -0.168. The van der Waals surface area contributed by atoms with E-state index in [-0.39, 0.29) is 5.91 Å². The molecule has 0 radical (unpaired) electrons. The van der Waals surface area contributed by atoms with Gasteiger partial charge in [0.1, 0.15) is 5.75 Å². The van der Waals surface area contributed by atoms with Gasteiger partial charge in [-0.25, -0.2) is 4.68 Å². The first-order valence-corrected chi connectivity index (χ1v) is 9.25. The Morgan fingerprint density at radius 3 is 2.73 bits per heavy atom. The third kappa shape index (κ3) is 4.60. The van der Waals surface area contributed by atoms with Crippen molar-refractivity contribution in [2.75, 3.05) is 26.2 Å². The van der Waals surface area contributed by atoms with Crippen LogP contribution < -0.4 is 15.4 Å². The molecule has 0 spiro atoms. The molecule has 1 aliphatic rings. The van der Waals surface area contributed by atoms with Crippen molar-refractivity contribution < 1.29 is 9.53 Å². The summed E-state index contributed by atoms with van der Waals surface area (Å²) in [6.07, 6.45) is 2.77. The second-order valence-corrected chi connectivity index (χ2v) is 6.72. The molecule has 0 bridgehead atoms. The molecular weight excluding hydrogens is 330 g/mol. The smallest absolute Gasteiger partial charge is 0.273 e. The van der Waals surface area contributed by atoms with Crippen LogP contribution in [0.3, 0.4) is 0 Å². The van der Waals surface area contributed by atoms with E-state index < -0.39 is 0 Å². The Kier molecular flexibility index (Phi) is 6.22. The maximum Gasteiger partial charge on any atom is 0.273 e. The normalized spacial score (nSPS) is 15.0. The standard InChI is InChI=1S/C19H27N5O2/c1-14-4-6-17(7-5-14)26-13-3-10-21-19(25)18-15(2)24(23-22-18)16-8-11-20-12-9-16/h4-7,16,20H,3,8-13H2,1-2H3,(H,21,25). The Morgan fingerprint density at radius 2 is 2.00 bits per heavy atom. The number of carbonyl (C=O) groups excluding carboxylic acids is 1. The number of hydrogen-bond acceptors (Lipinski definition) is 5. The van der Waals surface area contributed by atoms with Crippen molar-refractivity contribution in [1.29, 1.82) is 0 Å². The van der Waals surface area contributed by atoms with Crippen molar-refractivity contribution in [3.05, 3.63) is 41.2 Å². The lowest BCUT2D eigenvalue weighted by Crippen LogP contribution is -2.30. The lowest BCUT2D eigenvalue weighted by Gasteiger charge is -2.23. The van der Waals surface area contributed by atoms with Crippen LogP contribution in [0.5, 0.6) is 5.75 Å². The van der Waals surface area contributed by atoms with Gasteiger partial charge in [-0.1, -0.05) is 22.9 Å². The van der Waals surface area contributed by atoms with Crippen LogP contribution in [0.25, 0.3) is 0 Å². The number of rotatable bonds is 7.